The first-order chi connectivity index (χ1) is 18.2. The number of para-hydroxylation sites is 1. The van der Waals surface area contributed by atoms with Crippen molar-refractivity contribution in [2.45, 2.75) is 70.2 Å². The highest BCUT2D eigenvalue weighted by molar-refractivity contribution is 6.04. The van der Waals surface area contributed by atoms with Crippen LogP contribution in [0.1, 0.15) is 49.3 Å². The SMILES string of the molecule is Cc1cccc(C)c1NC(=O)C1N(CCCCO)C(=O)[C@@H]2[C@@H](C(=O)NCc3ccccc3)[C@@]3(C)CCC12O3. The maximum atomic E-state index is 14.0. The molecular formula is C30H37N3O5. The van der Waals surface area contributed by atoms with E-state index in [9.17, 15) is 19.5 Å². The van der Waals surface area contributed by atoms with Crippen LogP contribution in [-0.2, 0) is 25.7 Å². The number of likely N-dealkylation sites (tertiary alicyclic amines) is 1. The van der Waals surface area contributed by atoms with Gasteiger partial charge in [0, 0.05) is 25.4 Å². The highest BCUT2D eigenvalue weighted by Gasteiger charge is 2.77. The second kappa shape index (κ2) is 10.2. The van der Waals surface area contributed by atoms with E-state index in [1.165, 1.54) is 0 Å². The monoisotopic (exact) mass is 519 g/mol. The lowest BCUT2D eigenvalue weighted by Crippen LogP contribution is -2.53. The molecule has 202 valence electrons. The number of hydrogen-bond acceptors (Lipinski definition) is 5. The minimum Gasteiger partial charge on any atom is -0.396 e. The summed E-state index contributed by atoms with van der Waals surface area (Å²) in [5.41, 5.74) is 1.68. The molecule has 3 saturated heterocycles. The quantitative estimate of drug-likeness (QED) is 0.442. The van der Waals surface area contributed by atoms with E-state index in [1.807, 2.05) is 69.3 Å². The van der Waals surface area contributed by atoms with Gasteiger partial charge in [-0.1, -0.05) is 48.5 Å². The molecule has 3 amide bonds. The maximum Gasteiger partial charge on any atom is 0.250 e. The third kappa shape index (κ3) is 4.29. The Morgan fingerprint density at radius 1 is 1.03 bits per heavy atom. The minimum absolute atomic E-state index is 0.00889. The highest BCUT2D eigenvalue weighted by Crippen LogP contribution is 2.63. The van der Waals surface area contributed by atoms with E-state index in [1.54, 1.807) is 4.90 Å². The molecule has 5 rings (SSSR count). The van der Waals surface area contributed by atoms with Crippen LogP contribution in [0.4, 0.5) is 5.69 Å². The van der Waals surface area contributed by atoms with Crippen molar-refractivity contribution < 1.29 is 24.2 Å². The summed E-state index contributed by atoms with van der Waals surface area (Å²) in [4.78, 5) is 43.2. The number of ether oxygens (including phenoxy) is 1. The predicted molar refractivity (Wildman–Crippen MR) is 143 cm³/mol. The Kier molecular flexibility index (Phi) is 7.05. The van der Waals surface area contributed by atoms with Gasteiger partial charge in [-0.2, -0.15) is 0 Å². The molecule has 3 heterocycles. The summed E-state index contributed by atoms with van der Waals surface area (Å²) < 4.78 is 6.66. The van der Waals surface area contributed by atoms with Gasteiger partial charge in [0.25, 0.3) is 0 Å². The summed E-state index contributed by atoms with van der Waals surface area (Å²) in [5, 5.41) is 15.5. The van der Waals surface area contributed by atoms with Crippen molar-refractivity contribution in [3.63, 3.8) is 0 Å². The predicted octanol–water partition coefficient (Wildman–Crippen LogP) is 3.10. The van der Waals surface area contributed by atoms with Gasteiger partial charge < -0.3 is 25.4 Å². The van der Waals surface area contributed by atoms with Crippen LogP contribution in [-0.4, -0.2) is 58.1 Å². The van der Waals surface area contributed by atoms with Gasteiger partial charge in [-0.3, -0.25) is 14.4 Å². The number of fused-ring (bicyclic) bond motifs is 1. The molecule has 2 bridgehead atoms. The van der Waals surface area contributed by atoms with Crippen LogP contribution >= 0.6 is 0 Å². The van der Waals surface area contributed by atoms with Crippen LogP contribution in [0.3, 0.4) is 0 Å². The minimum atomic E-state index is -1.07. The van der Waals surface area contributed by atoms with Crippen molar-refractivity contribution in [2.24, 2.45) is 11.8 Å². The van der Waals surface area contributed by atoms with Crippen LogP contribution in [0.5, 0.6) is 0 Å². The van der Waals surface area contributed by atoms with Gasteiger partial charge in [0.15, 0.2) is 0 Å². The largest absolute Gasteiger partial charge is 0.396 e. The van der Waals surface area contributed by atoms with Crippen molar-refractivity contribution in [3.05, 3.63) is 65.2 Å². The van der Waals surface area contributed by atoms with Gasteiger partial charge in [-0.05, 0) is 63.1 Å². The number of nitrogens with one attached hydrogen (secondary N) is 2. The molecule has 8 heteroatoms. The zero-order chi connectivity index (χ0) is 27.1. The fourth-order valence-corrected chi connectivity index (χ4v) is 6.86. The van der Waals surface area contributed by atoms with Crippen LogP contribution in [0.25, 0.3) is 0 Å². The van der Waals surface area contributed by atoms with Gasteiger partial charge in [-0.25, -0.2) is 0 Å². The molecule has 0 aliphatic carbocycles. The zero-order valence-corrected chi connectivity index (χ0v) is 22.3. The molecule has 3 aliphatic heterocycles. The number of carbonyl (C=O) groups excluding carboxylic acids is 3. The van der Waals surface area contributed by atoms with E-state index < -0.39 is 29.1 Å². The number of rotatable bonds is 9. The Morgan fingerprint density at radius 2 is 1.74 bits per heavy atom. The van der Waals surface area contributed by atoms with Gasteiger partial charge in [0.1, 0.15) is 11.6 Å². The summed E-state index contributed by atoms with van der Waals surface area (Å²) in [7, 11) is 0. The lowest BCUT2D eigenvalue weighted by atomic mass is 9.66. The van der Waals surface area contributed by atoms with Crippen molar-refractivity contribution in [1.29, 1.82) is 0 Å². The third-order valence-electron chi connectivity index (χ3n) is 8.65. The second-order valence-electron chi connectivity index (χ2n) is 11.1. The lowest BCUT2D eigenvalue weighted by molar-refractivity contribution is -0.144. The fraction of sp³-hybridized carbons (Fsp3) is 0.500. The van der Waals surface area contributed by atoms with Crippen molar-refractivity contribution in [2.75, 3.05) is 18.5 Å². The van der Waals surface area contributed by atoms with Gasteiger partial charge in [-0.15, -0.1) is 0 Å². The standard InChI is InChI=1S/C30H37N3O5/c1-19-10-9-11-20(2)24(19)32-27(36)25-30-15-14-29(3,38-30)22(23(30)28(37)33(25)16-7-8-17-34)26(35)31-18-21-12-5-4-6-13-21/h4-6,9-13,22-23,25,34H,7-8,14-18H2,1-3H3,(H,31,35)(H,32,36)/t22-,23-,25?,29+,30?/m0/s1. The van der Waals surface area contributed by atoms with Crippen molar-refractivity contribution in [3.8, 4) is 0 Å². The molecular weight excluding hydrogens is 482 g/mol. The van der Waals surface area contributed by atoms with Gasteiger partial charge in [0.05, 0.1) is 17.4 Å². The van der Waals surface area contributed by atoms with E-state index in [0.717, 1.165) is 22.4 Å². The van der Waals surface area contributed by atoms with Crippen LogP contribution in [0, 0.1) is 25.7 Å². The number of amides is 3. The number of nitrogens with zero attached hydrogens (tertiary/aromatic N) is 1. The number of anilines is 1. The molecule has 1 spiro atoms. The number of aliphatic hydroxyl groups is 1. The van der Waals surface area contributed by atoms with Crippen LogP contribution in [0.15, 0.2) is 48.5 Å². The Morgan fingerprint density at radius 3 is 2.42 bits per heavy atom. The summed E-state index contributed by atoms with van der Waals surface area (Å²) in [6.45, 7) is 6.46. The molecule has 3 fully saturated rings. The number of benzene rings is 2. The average Bonchev–Trinajstić information content (AvgIpc) is 3.46. The topological polar surface area (TPSA) is 108 Å². The normalized spacial score (nSPS) is 29.4. The Hall–Kier alpha value is -3.23. The summed E-state index contributed by atoms with van der Waals surface area (Å²) in [6.07, 6.45) is 2.20. The Bertz CT molecular complexity index is 1210. The number of carbonyl (C=O) groups is 3. The lowest BCUT2D eigenvalue weighted by Gasteiger charge is -2.33. The van der Waals surface area contributed by atoms with E-state index in [4.69, 9.17) is 4.74 Å². The maximum absolute atomic E-state index is 14.0. The van der Waals surface area contributed by atoms with Crippen LogP contribution in [0.2, 0.25) is 0 Å². The molecule has 5 atom stereocenters. The molecule has 2 aromatic rings. The zero-order valence-electron chi connectivity index (χ0n) is 22.3. The van der Waals surface area contributed by atoms with Crippen LogP contribution < -0.4 is 10.6 Å². The number of aryl methyl sites for hydroxylation is 2. The molecule has 38 heavy (non-hydrogen) atoms. The summed E-state index contributed by atoms with van der Waals surface area (Å²) >= 11 is 0. The third-order valence-corrected chi connectivity index (χ3v) is 8.65. The Labute approximate surface area is 223 Å². The highest BCUT2D eigenvalue weighted by atomic mass is 16.5. The average molecular weight is 520 g/mol. The number of hydrogen-bond donors (Lipinski definition) is 3. The fourth-order valence-electron chi connectivity index (χ4n) is 6.86. The summed E-state index contributed by atoms with van der Waals surface area (Å²) in [5.74, 6) is -2.15. The first kappa shape index (κ1) is 26.4. The molecule has 3 N–H and O–H groups in total. The number of aliphatic hydroxyl groups excluding tert-OH is 1. The first-order valence-electron chi connectivity index (χ1n) is 13.5. The van der Waals surface area contributed by atoms with Gasteiger partial charge in [0.2, 0.25) is 17.7 Å². The number of unbranched alkanes of at least 4 members (excludes halogenated alkanes) is 1. The van der Waals surface area contributed by atoms with E-state index in [-0.39, 0.29) is 24.3 Å². The van der Waals surface area contributed by atoms with Crippen molar-refractivity contribution >= 4 is 23.4 Å². The van der Waals surface area contributed by atoms with E-state index >= 15 is 0 Å². The summed E-state index contributed by atoms with van der Waals surface area (Å²) in [6, 6.07) is 14.6. The Balaban J connectivity index is 1.46. The van der Waals surface area contributed by atoms with E-state index in [2.05, 4.69) is 10.6 Å². The molecule has 2 unspecified atom stereocenters. The molecule has 0 aromatic heterocycles. The smallest absolute Gasteiger partial charge is 0.250 e. The molecule has 0 saturated carbocycles. The van der Waals surface area contributed by atoms with E-state index in [0.29, 0.717) is 38.8 Å². The molecule has 2 aromatic carbocycles. The van der Waals surface area contributed by atoms with Crippen molar-refractivity contribution in [1.82, 2.24) is 10.2 Å². The van der Waals surface area contributed by atoms with Gasteiger partial charge >= 0.3 is 0 Å². The molecule has 0 radical (unpaired) electrons. The first-order valence-corrected chi connectivity index (χ1v) is 13.5. The molecule has 3 aliphatic rings. The second-order valence-corrected chi connectivity index (χ2v) is 11.1. The molecule has 8 nitrogen and oxygen atoms in total.